The normalized spacial score (nSPS) is 10.2. The van der Waals surface area contributed by atoms with Crippen LogP contribution >= 0.6 is 23.2 Å². The zero-order valence-corrected chi connectivity index (χ0v) is 16.4. The first-order chi connectivity index (χ1) is 12.9. The summed E-state index contributed by atoms with van der Waals surface area (Å²) in [4.78, 5) is 23.8. The number of hydrogen-bond donors (Lipinski definition) is 1. The van der Waals surface area contributed by atoms with Gasteiger partial charge < -0.3 is 19.5 Å². The summed E-state index contributed by atoms with van der Waals surface area (Å²) in [6.07, 6.45) is 0.0106. The van der Waals surface area contributed by atoms with Crippen molar-refractivity contribution in [1.82, 2.24) is 5.32 Å². The molecule has 6 nitrogen and oxygen atoms in total. The van der Waals surface area contributed by atoms with E-state index in [1.807, 2.05) is 0 Å². The fraction of sp³-hybridized carbons (Fsp3) is 0.263. The lowest BCUT2D eigenvalue weighted by atomic mass is 10.1. The van der Waals surface area contributed by atoms with Crippen LogP contribution in [0, 0.1) is 0 Å². The molecule has 0 spiro atoms. The SMILES string of the molecule is COc1ccc(CC(=O)OCC(=O)NCc2ccc(Cl)cc2Cl)cc1OC. The standard InChI is InChI=1S/C19H19Cl2NO5/c1-25-16-6-3-12(7-17(16)26-2)8-19(24)27-11-18(23)22-10-13-4-5-14(20)9-15(13)21/h3-7,9H,8,10-11H2,1-2H3,(H,22,23). The molecule has 1 amide bonds. The second-order valence-electron chi connectivity index (χ2n) is 5.54. The molecule has 27 heavy (non-hydrogen) atoms. The molecule has 0 aromatic heterocycles. The third kappa shape index (κ3) is 6.34. The van der Waals surface area contributed by atoms with E-state index in [9.17, 15) is 9.59 Å². The number of benzene rings is 2. The third-order valence-electron chi connectivity index (χ3n) is 3.65. The van der Waals surface area contributed by atoms with Gasteiger partial charge in [0.2, 0.25) is 0 Å². The number of methoxy groups -OCH3 is 2. The van der Waals surface area contributed by atoms with Crippen LogP contribution in [0.3, 0.4) is 0 Å². The fourth-order valence-electron chi connectivity index (χ4n) is 2.26. The second kappa shape index (κ2) is 10.0. The van der Waals surface area contributed by atoms with Crippen molar-refractivity contribution in [3.8, 4) is 11.5 Å². The lowest BCUT2D eigenvalue weighted by Gasteiger charge is -2.10. The number of esters is 1. The highest BCUT2D eigenvalue weighted by Gasteiger charge is 2.11. The highest BCUT2D eigenvalue weighted by atomic mass is 35.5. The van der Waals surface area contributed by atoms with Crippen LogP contribution in [0.1, 0.15) is 11.1 Å². The maximum absolute atomic E-state index is 11.9. The van der Waals surface area contributed by atoms with E-state index in [1.165, 1.54) is 14.2 Å². The van der Waals surface area contributed by atoms with Gasteiger partial charge in [0, 0.05) is 16.6 Å². The van der Waals surface area contributed by atoms with Crippen LogP contribution in [0.5, 0.6) is 11.5 Å². The van der Waals surface area contributed by atoms with Crippen molar-refractivity contribution in [1.29, 1.82) is 0 Å². The number of nitrogens with one attached hydrogen (secondary N) is 1. The maximum Gasteiger partial charge on any atom is 0.310 e. The molecule has 2 rings (SSSR count). The predicted molar refractivity (Wildman–Crippen MR) is 103 cm³/mol. The average molecular weight is 412 g/mol. The minimum atomic E-state index is -0.526. The number of halogens is 2. The Morgan fingerprint density at radius 3 is 2.41 bits per heavy atom. The highest BCUT2D eigenvalue weighted by molar-refractivity contribution is 6.35. The van der Waals surface area contributed by atoms with Gasteiger partial charge in [-0.3, -0.25) is 9.59 Å². The molecule has 0 saturated heterocycles. The topological polar surface area (TPSA) is 73.9 Å². The van der Waals surface area contributed by atoms with Gasteiger partial charge in [-0.05, 0) is 35.4 Å². The van der Waals surface area contributed by atoms with Gasteiger partial charge in [-0.2, -0.15) is 0 Å². The van der Waals surface area contributed by atoms with Crippen molar-refractivity contribution in [2.24, 2.45) is 0 Å². The molecule has 2 aromatic rings. The fourth-order valence-corrected chi connectivity index (χ4v) is 2.74. The van der Waals surface area contributed by atoms with Gasteiger partial charge >= 0.3 is 5.97 Å². The molecule has 0 radical (unpaired) electrons. The number of carbonyl (C=O) groups excluding carboxylic acids is 2. The molecule has 144 valence electrons. The largest absolute Gasteiger partial charge is 0.493 e. The molecule has 0 heterocycles. The molecule has 0 atom stereocenters. The van der Waals surface area contributed by atoms with Crippen LogP contribution in [-0.4, -0.2) is 32.7 Å². The smallest absolute Gasteiger partial charge is 0.310 e. The Hall–Kier alpha value is -2.44. The summed E-state index contributed by atoms with van der Waals surface area (Å²) in [6, 6.07) is 10.1. The Morgan fingerprint density at radius 2 is 1.74 bits per heavy atom. The number of hydrogen-bond acceptors (Lipinski definition) is 5. The summed E-state index contributed by atoms with van der Waals surface area (Å²) in [5.74, 6) is 0.124. The molecule has 0 bridgehead atoms. The van der Waals surface area contributed by atoms with E-state index >= 15 is 0 Å². The van der Waals surface area contributed by atoms with Gasteiger partial charge in [0.05, 0.1) is 20.6 Å². The van der Waals surface area contributed by atoms with Crippen LogP contribution < -0.4 is 14.8 Å². The summed E-state index contributed by atoms with van der Waals surface area (Å²) in [7, 11) is 3.04. The monoisotopic (exact) mass is 411 g/mol. The third-order valence-corrected chi connectivity index (χ3v) is 4.24. The summed E-state index contributed by atoms with van der Waals surface area (Å²) in [5, 5.41) is 3.60. The Morgan fingerprint density at radius 1 is 1.00 bits per heavy atom. The molecule has 0 saturated carbocycles. The average Bonchev–Trinajstić information content (AvgIpc) is 2.65. The van der Waals surface area contributed by atoms with E-state index in [1.54, 1.807) is 36.4 Å². The molecule has 2 aromatic carbocycles. The summed E-state index contributed by atoms with van der Waals surface area (Å²) >= 11 is 11.9. The van der Waals surface area contributed by atoms with E-state index < -0.39 is 11.9 Å². The quantitative estimate of drug-likeness (QED) is 0.673. The first-order valence-electron chi connectivity index (χ1n) is 8.00. The highest BCUT2D eigenvalue weighted by Crippen LogP contribution is 2.27. The van der Waals surface area contributed by atoms with Crippen molar-refractivity contribution < 1.29 is 23.8 Å². The molecule has 1 N–H and O–H groups in total. The van der Waals surface area contributed by atoms with Crippen molar-refractivity contribution in [3.05, 3.63) is 57.6 Å². The Labute approximate surface area is 167 Å². The number of carbonyl (C=O) groups is 2. The van der Waals surface area contributed by atoms with Crippen molar-refractivity contribution >= 4 is 35.1 Å². The number of amides is 1. The Kier molecular flexibility index (Phi) is 7.76. The lowest BCUT2D eigenvalue weighted by Crippen LogP contribution is -2.28. The Bertz CT molecular complexity index is 826. The maximum atomic E-state index is 11.9. The number of rotatable bonds is 8. The van der Waals surface area contributed by atoms with Crippen LogP contribution in [-0.2, 0) is 27.3 Å². The molecule has 0 aliphatic rings. The first kappa shape index (κ1) is 20.9. The van der Waals surface area contributed by atoms with E-state index in [2.05, 4.69) is 5.32 Å². The predicted octanol–water partition coefficient (Wildman–Crippen LogP) is 3.41. The van der Waals surface area contributed by atoms with Crippen LogP contribution in [0.25, 0.3) is 0 Å². The number of ether oxygens (including phenoxy) is 3. The Balaban J connectivity index is 1.80. The van der Waals surface area contributed by atoms with Gasteiger partial charge in [-0.25, -0.2) is 0 Å². The molecule has 0 aliphatic carbocycles. The van der Waals surface area contributed by atoms with Gasteiger partial charge in [0.15, 0.2) is 18.1 Å². The minimum absolute atomic E-state index is 0.0106. The van der Waals surface area contributed by atoms with E-state index in [0.29, 0.717) is 32.7 Å². The van der Waals surface area contributed by atoms with Gasteiger partial charge in [0.1, 0.15) is 0 Å². The van der Waals surface area contributed by atoms with Gasteiger partial charge in [-0.1, -0.05) is 35.3 Å². The van der Waals surface area contributed by atoms with Crippen molar-refractivity contribution in [3.63, 3.8) is 0 Å². The molecule has 0 fully saturated rings. The molecule has 0 unspecified atom stereocenters. The van der Waals surface area contributed by atoms with Crippen molar-refractivity contribution in [2.45, 2.75) is 13.0 Å². The summed E-state index contributed by atoms with van der Waals surface area (Å²) in [5.41, 5.74) is 1.40. The van der Waals surface area contributed by atoms with E-state index in [-0.39, 0.29) is 19.6 Å². The van der Waals surface area contributed by atoms with Gasteiger partial charge in [-0.15, -0.1) is 0 Å². The summed E-state index contributed by atoms with van der Waals surface area (Å²) in [6.45, 7) is -0.167. The molecular formula is C19H19Cl2NO5. The van der Waals surface area contributed by atoms with Gasteiger partial charge in [0.25, 0.3) is 5.91 Å². The second-order valence-corrected chi connectivity index (χ2v) is 6.38. The zero-order valence-electron chi connectivity index (χ0n) is 14.9. The van der Waals surface area contributed by atoms with Crippen LogP contribution in [0.2, 0.25) is 10.0 Å². The molecule has 8 heteroatoms. The molecular weight excluding hydrogens is 393 g/mol. The zero-order chi connectivity index (χ0) is 19.8. The summed E-state index contributed by atoms with van der Waals surface area (Å²) < 4.78 is 15.3. The van der Waals surface area contributed by atoms with E-state index in [4.69, 9.17) is 37.4 Å². The lowest BCUT2D eigenvalue weighted by molar-refractivity contribution is -0.147. The first-order valence-corrected chi connectivity index (χ1v) is 8.75. The van der Waals surface area contributed by atoms with Crippen LogP contribution in [0.4, 0.5) is 0 Å². The van der Waals surface area contributed by atoms with Crippen LogP contribution in [0.15, 0.2) is 36.4 Å². The van der Waals surface area contributed by atoms with Crippen molar-refractivity contribution in [2.75, 3.05) is 20.8 Å². The van der Waals surface area contributed by atoms with E-state index in [0.717, 1.165) is 0 Å². The molecule has 0 aliphatic heterocycles. The minimum Gasteiger partial charge on any atom is -0.493 e.